The summed E-state index contributed by atoms with van der Waals surface area (Å²) in [5.41, 5.74) is 0.510. The maximum atomic E-state index is 12.9. The van der Waals surface area contributed by atoms with Gasteiger partial charge in [-0.05, 0) is 54.7 Å². The van der Waals surface area contributed by atoms with E-state index in [2.05, 4.69) is 5.32 Å². The van der Waals surface area contributed by atoms with Crippen molar-refractivity contribution >= 4 is 5.91 Å². The molecule has 1 amide bonds. The van der Waals surface area contributed by atoms with Crippen molar-refractivity contribution in [3.63, 3.8) is 0 Å². The van der Waals surface area contributed by atoms with Crippen LogP contribution in [-0.4, -0.2) is 30.0 Å². The van der Waals surface area contributed by atoms with Crippen molar-refractivity contribution in [2.45, 2.75) is 37.1 Å². The van der Waals surface area contributed by atoms with Gasteiger partial charge in [0.05, 0.1) is 12.7 Å². The SMILES string of the molecule is COc1ccc(CCN2C(=O)C3(CC3)NC2c2ccc(C(F)(F)F)cc2)cc1. The number of halogens is 3. The molecule has 1 atom stereocenters. The molecule has 0 bridgehead atoms. The van der Waals surface area contributed by atoms with Gasteiger partial charge in [-0.1, -0.05) is 24.3 Å². The molecule has 1 spiro atoms. The fraction of sp³-hybridized carbons (Fsp3) is 0.381. The second-order valence-corrected chi connectivity index (χ2v) is 7.35. The Bertz CT molecular complexity index is 859. The second kappa shape index (κ2) is 6.81. The van der Waals surface area contributed by atoms with Gasteiger partial charge >= 0.3 is 6.18 Å². The summed E-state index contributed by atoms with van der Waals surface area (Å²) in [7, 11) is 1.60. The lowest BCUT2D eigenvalue weighted by Crippen LogP contribution is -2.33. The van der Waals surface area contributed by atoms with Crippen LogP contribution < -0.4 is 10.1 Å². The molecule has 1 unspecified atom stereocenters. The molecule has 1 N–H and O–H groups in total. The lowest BCUT2D eigenvalue weighted by atomic mass is 10.1. The molecular weight excluding hydrogens is 369 g/mol. The van der Waals surface area contributed by atoms with E-state index < -0.39 is 23.4 Å². The van der Waals surface area contributed by atoms with Crippen LogP contribution in [0.25, 0.3) is 0 Å². The molecule has 4 nitrogen and oxygen atoms in total. The number of rotatable bonds is 5. The minimum Gasteiger partial charge on any atom is -0.497 e. The Hall–Kier alpha value is -2.54. The number of hydrogen-bond donors (Lipinski definition) is 1. The zero-order valence-corrected chi connectivity index (χ0v) is 15.4. The third-order valence-corrected chi connectivity index (χ3v) is 5.50. The monoisotopic (exact) mass is 390 g/mol. The third-order valence-electron chi connectivity index (χ3n) is 5.50. The van der Waals surface area contributed by atoms with E-state index >= 15 is 0 Å². The highest BCUT2D eigenvalue weighted by atomic mass is 19.4. The second-order valence-electron chi connectivity index (χ2n) is 7.35. The van der Waals surface area contributed by atoms with Crippen LogP contribution in [0.5, 0.6) is 5.75 Å². The van der Waals surface area contributed by atoms with Crippen molar-refractivity contribution in [2.75, 3.05) is 13.7 Å². The number of benzene rings is 2. The molecule has 1 saturated carbocycles. The molecule has 0 radical (unpaired) electrons. The first-order chi connectivity index (χ1) is 13.3. The summed E-state index contributed by atoms with van der Waals surface area (Å²) in [5, 5.41) is 3.35. The van der Waals surface area contributed by atoms with Crippen molar-refractivity contribution in [1.29, 1.82) is 0 Å². The van der Waals surface area contributed by atoms with Crippen molar-refractivity contribution in [1.82, 2.24) is 10.2 Å². The van der Waals surface area contributed by atoms with Gasteiger partial charge in [0.25, 0.3) is 0 Å². The van der Waals surface area contributed by atoms with Crippen LogP contribution in [-0.2, 0) is 17.4 Å². The van der Waals surface area contributed by atoms with Crippen LogP contribution in [0.3, 0.4) is 0 Å². The smallest absolute Gasteiger partial charge is 0.416 e. The quantitative estimate of drug-likeness (QED) is 0.842. The minimum atomic E-state index is -4.37. The first kappa shape index (κ1) is 18.8. The molecule has 0 aromatic heterocycles. The maximum absolute atomic E-state index is 12.9. The molecule has 2 aromatic rings. The Kier molecular flexibility index (Phi) is 4.57. The number of carbonyl (C=O) groups excluding carboxylic acids is 1. The minimum absolute atomic E-state index is 0.0332. The zero-order chi connectivity index (χ0) is 19.9. The summed E-state index contributed by atoms with van der Waals surface area (Å²) in [5.74, 6) is 0.799. The Morgan fingerprint density at radius 2 is 1.75 bits per heavy atom. The summed E-state index contributed by atoms with van der Waals surface area (Å²) in [6.45, 7) is 0.492. The molecule has 1 saturated heterocycles. The van der Waals surface area contributed by atoms with E-state index in [0.717, 1.165) is 36.3 Å². The van der Waals surface area contributed by atoms with Gasteiger partial charge in [-0.15, -0.1) is 0 Å². The summed E-state index contributed by atoms with van der Waals surface area (Å²) in [4.78, 5) is 14.6. The topological polar surface area (TPSA) is 41.6 Å². The molecule has 4 rings (SSSR count). The van der Waals surface area contributed by atoms with Gasteiger partial charge in [-0.3, -0.25) is 10.1 Å². The highest BCUT2D eigenvalue weighted by molar-refractivity contribution is 5.92. The zero-order valence-electron chi connectivity index (χ0n) is 15.4. The van der Waals surface area contributed by atoms with Gasteiger partial charge in [0.15, 0.2) is 0 Å². The Morgan fingerprint density at radius 1 is 1.11 bits per heavy atom. The highest BCUT2D eigenvalue weighted by Crippen LogP contribution is 2.46. The summed E-state index contributed by atoms with van der Waals surface area (Å²) >= 11 is 0. The Labute approximate surface area is 161 Å². The van der Waals surface area contributed by atoms with E-state index in [1.807, 2.05) is 24.3 Å². The van der Waals surface area contributed by atoms with Gasteiger partial charge in [-0.2, -0.15) is 13.2 Å². The van der Waals surface area contributed by atoms with E-state index in [-0.39, 0.29) is 5.91 Å². The predicted molar refractivity (Wildman–Crippen MR) is 97.7 cm³/mol. The van der Waals surface area contributed by atoms with Crippen LogP contribution in [0.15, 0.2) is 48.5 Å². The maximum Gasteiger partial charge on any atom is 0.416 e. The Morgan fingerprint density at radius 3 is 2.29 bits per heavy atom. The lowest BCUT2D eigenvalue weighted by Gasteiger charge is -2.25. The molecule has 2 aliphatic rings. The Balaban J connectivity index is 1.52. The molecule has 1 aliphatic carbocycles. The van der Waals surface area contributed by atoms with E-state index in [1.54, 1.807) is 12.0 Å². The average molecular weight is 390 g/mol. The van der Waals surface area contributed by atoms with Gasteiger partial charge in [-0.25, -0.2) is 0 Å². The van der Waals surface area contributed by atoms with Crippen LogP contribution in [0.4, 0.5) is 13.2 Å². The van der Waals surface area contributed by atoms with Crippen molar-refractivity contribution in [3.05, 3.63) is 65.2 Å². The number of amides is 1. The highest BCUT2D eigenvalue weighted by Gasteiger charge is 2.59. The van der Waals surface area contributed by atoms with Crippen LogP contribution in [0.1, 0.15) is 35.7 Å². The van der Waals surface area contributed by atoms with E-state index in [0.29, 0.717) is 18.5 Å². The van der Waals surface area contributed by atoms with Crippen molar-refractivity contribution in [2.24, 2.45) is 0 Å². The van der Waals surface area contributed by atoms with Gasteiger partial charge in [0.1, 0.15) is 17.5 Å². The van der Waals surface area contributed by atoms with Crippen LogP contribution >= 0.6 is 0 Å². The molecule has 148 valence electrons. The first-order valence-corrected chi connectivity index (χ1v) is 9.21. The number of carbonyl (C=O) groups is 1. The summed E-state index contributed by atoms with van der Waals surface area (Å²) in [6, 6.07) is 12.7. The van der Waals surface area contributed by atoms with Crippen molar-refractivity contribution < 1.29 is 22.7 Å². The number of nitrogens with zero attached hydrogens (tertiary/aromatic N) is 1. The molecular formula is C21H21F3N2O2. The number of ether oxygens (including phenoxy) is 1. The third kappa shape index (κ3) is 3.46. The van der Waals surface area contributed by atoms with Crippen molar-refractivity contribution in [3.8, 4) is 5.75 Å². The molecule has 2 aromatic carbocycles. The average Bonchev–Trinajstić information content (AvgIpc) is 3.42. The normalized spacial score (nSPS) is 20.6. The number of hydrogen-bond acceptors (Lipinski definition) is 3. The number of nitrogens with one attached hydrogen (secondary N) is 1. The largest absolute Gasteiger partial charge is 0.497 e. The summed E-state index contributed by atoms with van der Waals surface area (Å²) in [6.07, 6.45) is -2.59. The summed E-state index contributed by atoms with van der Waals surface area (Å²) < 4.78 is 43.7. The molecule has 28 heavy (non-hydrogen) atoms. The van der Waals surface area contributed by atoms with E-state index in [1.165, 1.54) is 12.1 Å². The predicted octanol–water partition coefficient (Wildman–Crippen LogP) is 3.92. The fourth-order valence-electron chi connectivity index (χ4n) is 3.67. The number of alkyl halides is 3. The van der Waals surface area contributed by atoms with Crippen LogP contribution in [0, 0.1) is 0 Å². The van der Waals surface area contributed by atoms with E-state index in [4.69, 9.17) is 4.74 Å². The fourth-order valence-corrected chi connectivity index (χ4v) is 3.67. The molecule has 2 fully saturated rings. The number of methoxy groups -OCH3 is 1. The standard InChI is InChI=1S/C21H21F3N2O2/c1-28-17-8-2-14(3-9-17)10-13-26-18(25-20(11-12-20)19(26)27)15-4-6-16(7-5-15)21(22,23)24/h2-9,18,25H,10-13H2,1H3. The van der Waals surface area contributed by atoms with E-state index in [9.17, 15) is 18.0 Å². The lowest BCUT2D eigenvalue weighted by molar-refractivity contribution is -0.137. The van der Waals surface area contributed by atoms with Gasteiger partial charge in [0, 0.05) is 6.54 Å². The first-order valence-electron chi connectivity index (χ1n) is 9.21. The molecule has 1 aliphatic heterocycles. The van der Waals surface area contributed by atoms with Gasteiger partial charge < -0.3 is 9.64 Å². The van der Waals surface area contributed by atoms with Gasteiger partial charge in [0.2, 0.25) is 5.91 Å². The van der Waals surface area contributed by atoms with Crippen LogP contribution in [0.2, 0.25) is 0 Å². The molecule has 1 heterocycles. The molecule has 7 heteroatoms.